The number of carbonyl (C=O) groups excluding carboxylic acids is 1. The molecule has 5 nitrogen and oxygen atoms in total. The van der Waals surface area contributed by atoms with Crippen LogP contribution in [0, 0.1) is 0 Å². The molecule has 3 aromatic rings. The van der Waals surface area contributed by atoms with Gasteiger partial charge in [0.2, 0.25) is 0 Å². The third-order valence-electron chi connectivity index (χ3n) is 4.91. The summed E-state index contributed by atoms with van der Waals surface area (Å²) in [5, 5.41) is 2.16. The molecule has 0 saturated carbocycles. The normalized spacial score (nSPS) is 15.6. The van der Waals surface area contributed by atoms with Crippen LogP contribution in [0.15, 0.2) is 61.2 Å². The Bertz CT molecular complexity index is 846. The molecule has 0 N–H and O–H groups in total. The van der Waals surface area contributed by atoms with Gasteiger partial charge in [-0.25, -0.2) is 4.98 Å². The lowest BCUT2D eigenvalue weighted by atomic mass is 10.0. The Hall–Kier alpha value is -2.66. The molecule has 5 heteroatoms. The molecule has 25 heavy (non-hydrogen) atoms. The zero-order chi connectivity index (χ0) is 17.1. The number of benzene rings is 2. The topological polar surface area (TPSA) is 41.4 Å². The molecule has 0 aliphatic carbocycles. The first-order valence-electron chi connectivity index (χ1n) is 8.76. The summed E-state index contributed by atoms with van der Waals surface area (Å²) in [6, 6.07) is 14.1. The number of aromatic nitrogens is 2. The highest BCUT2D eigenvalue weighted by Crippen LogP contribution is 2.20. The standard InChI is InChI=1S/C20H22N4O/c25-20(19-7-3-5-17-4-1-2-6-18(17)19)24-14-12-22(13-15-24)10-11-23-9-8-21-16-23/h1-9,16H,10-15H2. The van der Waals surface area contributed by atoms with E-state index in [9.17, 15) is 4.79 Å². The van der Waals surface area contributed by atoms with Crippen molar-refractivity contribution in [3.05, 3.63) is 66.7 Å². The predicted octanol–water partition coefficient (Wildman–Crippen LogP) is 2.49. The second kappa shape index (κ2) is 7.07. The van der Waals surface area contributed by atoms with Crippen molar-refractivity contribution in [1.82, 2.24) is 19.4 Å². The van der Waals surface area contributed by atoms with Gasteiger partial charge >= 0.3 is 0 Å². The van der Waals surface area contributed by atoms with Gasteiger partial charge in [0.25, 0.3) is 5.91 Å². The van der Waals surface area contributed by atoms with E-state index in [-0.39, 0.29) is 5.91 Å². The van der Waals surface area contributed by atoms with Gasteiger partial charge in [0.15, 0.2) is 0 Å². The number of imidazole rings is 1. The van der Waals surface area contributed by atoms with Gasteiger partial charge < -0.3 is 9.47 Å². The minimum Gasteiger partial charge on any atom is -0.336 e. The molecule has 0 bridgehead atoms. The highest BCUT2D eigenvalue weighted by atomic mass is 16.2. The fraction of sp³-hybridized carbons (Fsp3) is 0.300. The van der Waals surface area contributed by atoms with E-state index < -0.39 is 0 Å². The Kier molecular flexibility index (Phi) is 4.48. The minimum atomic E-state index is 0.144. The average molecular weight is 334 g/mol. The van der Waals surface area contributed by atoms with Crippen LogP contribution >= 0.6 is 0 Å². The lowest BCUT2D eigenvalue weighted by molar-refractivity contribution is 0.0635. The van der Waals surface area contributed by atoms with E-state index in [0.29, 0.717) is 0 Å². The molecule has 0 unspecified atom stereocenters. The van der Waals surface area contributed by atoms with Gasteiger partial charge in [-0.1, -0.05) is 36.4 Å². The first kappa shape index (κ1) is 15.8. The SMILES string of the molecule is O=C(c1cccc2ccccc12)N1CCN(CCn2ccnc2)CC1. The van der Waals surface area contributed by atoms with Crippen molar-refractivity contribution in [3.8, 4) is 0 Å². The lowest BCUT2D eigenvalue weighted by Crippen LogP contribution is -2.49. The maximum atomic E-state index is 13.0. The molecule has 1 fully saturated rings. The van der Waals surface area contributed by atoms with Gasteiger partial charge in [-0.3, -0.25) is 9.69 Å². The number of nitrogens with zero attached hydrogens (tertiary/aromatic N) is 4. The number of carbonyl (C=O) groups is 1. The van der Waals surface area contributed by atoms with Gasteiger partial charge in [0, 0.05) is 57.2 Å². The predicted molar refractivity (Wildman–Crippen MR) is 98.5 cm³/mol. The third-order valence-corrected chi connectivity index (χ3v) is 4.91. The molecule has 0 spiro atoms. The fourth-order valence-corrected chi connectivity index (χ4v) is 3.43. The Labute approximate surface area is 147 Å². The molecular weight excluding hydrogens is 312 g/mol. The number of amides is 1. The van der Waals surface area contributed by atoms with E-state index >= 15 is 0 Å². The Morgan fingerprint density at radius 1 is 0.960 bits per heavy atom. The number of fused-ring (bicyclic) bond motifs is 1. The van der Waals surface area contributed by atoms with Crippen LogP contribution in [0.3, 0.4) is 0 Å². The summed E-state index contributed by atoms with van der Waals surface area (Å²) in [4.78, 5) is 21.4. The van der Waals surface area contributed by atoms with Crippen molar-refractivity contribution in [2.24, 2.45) is 0 Å². The first-order chi connectivity index (χ1) is 12.3. The van der Waals surface area contributed by atoms with E-state index in [1.165, 1.54) is 0 Å². The van der Waals surface area contributed by atoms with Crippen LogP contribution in [0.5, 0.6) is 0 Å². The maximum Gasteiger partial charge on any atom is 0.254 e. The summed E-state index contributed by atoms with van der Waals surface area (Å²) >= 11 is 0. The molecule has 1 aromatic heterocycles. The Balaban J connectivity index is 1.39. The molecule has 1 aliphatic heterocycles. The van der Waals surface area contributed by atoms with Crippen LogP contribution in [-0.4, -0.2) is 58.0 Å². The van der Waals surface area contributed by atoms with E-state index in [1.54, 1.807) is 6.20 Å². The van der Waals surface area contributed by atoms with Crippen LogP contribution < -0.4 is 0 Å². The lowest BCUT2D eigenvalue weighted by Gasteiger charge is -2.35. The third kappa shape index (κ3) is 3.42. The molecule has 1 saturated heterocycles. The second-order valence-electron chi connectivity index (χ2n) is 6.46. The summed E-state index contributed by atoms with van der Waals surface area (Å²) in [7, 11) is 0. The molecule has 1 aliphatic rings. The zero-order valence-electron chi connectivity index (χ0n) is 14.2. The van der Waals surface area contributed by atoms with Crippen molar-refractivity contribution in [1.29, 1.82) is 0 Å². The van der Waals surface area contributed by atoms with E-state index in [0.717, 1.165) is 55.6 Å². The van der Waals surface area contributed by atoms with Crippen molar-refractivity contribution < 1.29 is 4.79 Å². The van der Waals surface area contributed by atoms with Crippen molar-refractivity contribution >= 4 is 16.7 Å². The molecule has 1 amide bonds. The monoisotopic (exact) mass is 334 g/mol. The number of hydrogen-bond acceptors (Lipinski definition) is 3. The van der Waals surface area contributed by atoms with Crippen molar-refractivity contribution in [3.63, 3.8) is 0 Å². The maximum absolute atomic E-state index is 13.0. The quantitative estimate of drug-likeness (QED) is 0.736. The van der Waals surface area contributed by atoms with Crippen LogP contribution in [0.1, 0.15) is 10.4 Å². The smallest absolute Gasteiger partial charge is 0.254 e. The van der Waals surface area contributed by atoms with Crippen molar-refractivity contribution in [2.75, 3.05) is 32.7 Å². The van der Waals surface area contributed by atoms with E-state index in [1.807, 2.05) is 47.8 Å². The number of piperazine rings is 1. The van der Waals surface area contributed by atoms with Gasteiger partial charge in [0.1, 0.15) is 0 Å². The van der Waals surface area contributed by atoms with Gasteiger partial charge in [-0.2, -0.15) is 0 Å². The van der Waals surface area contributed by atoms with Crippen LogP contribution in [0.4, 0.5) is 0 Å². The van der Waals surface area contributed by atoms with Crippen LogP contribution in [0.25, 0.3) is 10.8 Å². The average Bonchev–Trinajstić information content (AvgIpc) is 3.19. The van der Waals surface area contributed by atoms with Gasteiger partial charge in [-0.05, 0) is 16.8 Å². The summed E-state index contributed by atoms with van der Waals surface area (Å²) in [5.74, 6) is 0.144. The summed E-state index contributed by atoms with van der Waals surface area (Å²) in [6.45, 7) is 5.35. The number of rotatable bonds is 4. The second-order valence-corrected chi connectivity index (χ2v) is 6.46. The molecule has 0 atom stereocenters. The first-order valence-corrected chi connectivity index (χ1v) is 8.76. The largest absolute Gasteiger partial charge is 0.336 e. The van der Waals surface area contributed by atoms with E-state index in [2.05, 4.69) is 26.6 Å². The summed E-state index contributed by atoms with van der Waals surface area (Å²) in [5.41, 5.74) is 0.810. The summed E-state index contributed by atoms with van der Waals surface area (Å²) in [6.07, 6.45) is 5.64. The number of hydrogen-bond donors (Lipinski definition) is 0. The molecular formula is C20H22N4O. The van der Waals surface area contributed by atoms with Crippen LogP contribution in [-0.2, 0) is 6.54 Å². The fourth-order valence-electron chi connectivity index (χ4n) is 3.43. The molecule has 4 rings (SSSR count). The Morgan fingerprint density at radius 2 is 1.76 bits per heavy atom. The minimum absolute atomic E-state index is 0.144. The molecule has 2 heterocycles. The van der Waals surface area contributed by atoms with Gasteiger partial charge in [-0.15, -0.1) is 0 Å². The molecule has 2 aromatic carbocycles. The van der Waals surface area contributed by atoms with Crippen molar-refractivity contribution in [2.45, 2.75) is 6.54 Å². The van der Waals surface area contributed by atoms with Crippen LogP contribution in [0.2, 0.25) is 0 Å². The highest BCUT2D eigenvalue weighted by Gasteiger charge is 2.23. The molecule has 128 valence electrons. The van der Waals surface area contributed by atoms with E-state index in [4.69, 9.17) is 0 Å². The highest BCUT2D eigenvalue weighted by molar-refractivity contribution is 6.07. The van der Waals surface area contributed by atoms with Gasteiger partial charge in [0.05, 0.1) is 6.33 Å². The summed E-state index contributed by atoms with van der Waals surface area (Å²) < 4.78 is 2.09. The zero-order valence-corrected chi connectivity index (χ0v) is 14.2. The molecule has 0 radical (unpaired) electrons. The Morgan fingerprint density at radius 3 is 2.56 bits per heavy atom.